The van der Waals surface area contributed by atoms with Crippen LogP contribution in [-0.4, -0.2) is 40.3 Å². The summed E-state index contributed by atoms with van der Waals surface area (Å²) in [6, 6.07) is 11.9. The molecule has 190 valence electrons. The minimum Gasteiger partial charge on any atom is -0.504 e. The Bertz CT molecular complexity index is 1520. The van der Waals surface area contributed by atoms with Gasteiger partial charge in [-0.3, -0.25) is 0 Å². The summed E-state index contributed by atoms with van der Waals surface area (Å²) < 4.78 is 35.8. The maximum Gasteiger partial charge on any atom is 0.231 e. The second kappa shape index (κ2) is 8.96. The van der Waals surface area contributed by atoms with Crippen molar-refractivity contribution in [2.45, 2.75) is 19.4 Å². The van der Waals surface area contributed by atoms with Gasteiger partial charge in [0.1, 0.15) is 0 Å². The molecule has 37 heavy (non-hydrogen) atoms. The highest BCUT2D eigenvalue weighted by atomic mass is 16.7. The highest BCUT2D eigenvalue weighted by molar-refractivity contribution is 5.95. The van der Waals surface area contributed by atoms with Crippen LogP contribution in [0.25, 0.3) is 22.0 Å². The van der Waals surface area contributed by atoms with Crippen LogP contribution in [0.15, 0.2) is 42.6 Å². The number of aromatic nitrogens is 1. The Morgan fingerprint density at radius 3 is 2.22 bits per heavy atom. The summed E-state index contributed by atoms with van der Waals surface area (Å²) in [7, 11) is 6.37. The molecular weight excluding hydrogens is 474 g/mol. The topological polar surface area (TPSA) is 79.5 Å². The average Bonchev–Trinajstić information content (AvgIpc) is 3.38. The van der Waals surface area contributed by atoms with Crippen LogP contribution in [0.5, 0.6) is 40.2 Å². The fourth-order valence-corrected chi connectivity index (χ4v) is 5.43. The summed E-state index contributed by atoms with van der Waals surface area (Å²) in [5, 5.41) is 12.7. The Morgan fingerprint density at radius 2 is 1.54 bits per heavy atom. The predicted octanol–water partition coefficient (Wildman–Crippen LogP) is 4.41. The van der Waals surface area contributed by atoms with E-state index >= 15 is 0 Å². The minimum atomic E-state index is 0.123. The standard InChI is InChI=1S/C29H27NO7/c1-32-22-6-5-18-20(9-16-10-25(33-2)29(35-4)26(11-16)34-3)27-19-13-24-23(36-15-37-24)12-17(19)7-8-30(27)14-21(18)28(22)31/h5-6,10-14H,7-9,15H2,1-4H3/p+1. The van der Waals surface area contributed by atoms with Gasteiger partial charge in [0.2, 0.25) is 18.2 Å². The first-order chi connectivity index (χ1) is 18.1. The van der Waals surface area contributed by atoms with E-state index < -0.39 is 0 Å². The molecule has 0 bridgehead atoms. The normalized spacial score (nSPS) is 13.2. The van der Waals surface area contributed by atoms with E-state index in [1.54, 1.807) is 34.5 Å². The molecule has 2 aliphatic rings. The summed E-state index contributed by atoms with van der Waals surface area (Å²) in [4.78, 5) is 0. The second-order valence-electron chi connectivity index (χ2n) is 9.05. The Labute approximate surface area is 214 Å². The maximum absolute atomic E-state index is 11.1. The third kappa shape index (κ3) is 3.63. The first-order valence-corrected chi connectivity index (χ1v) is 12.0. The van der Waals surface area contributed by atoms with Gasteiger partial charge in [-0.25, -0.2) is 0 Å². The molecule has 8 nitrogen and oxygen atoms in total. The highest BCUT2D eigenvalue weighted by Gasteiger charge is 2.32. The number of pyridine rings is 1. The van der Waals surface area contributed by atoms with Gasteiger partial charge in [0.05, 0.1) is 39.4 Å². The molecule has 1 aromatic heterocycles. The van der Waals surface area contributed by atoms with Crippen molar-refractivity contribution in [2.75, 3.05) is 35.2 Å². The molecule has 3 aromatic carbocycles. The molecule has 0 unspecified atom stereocenters. The SMILES string of the molecule is COc1cc(Cc2c3[n+](cc4c(O)c(OC)ccc24)CCc2cc4c(cc2-3)OCO4)cc(OC)c1OC. The number of phenolic OH excluding ortho intramolecular Hbond substituents is 1. The van der Waals surface area contributed by atoms with Crippen molar-refractivity contribution < 1.29 is 38.1 Å². The number of benzene rings is 3. The van der Waals surface area contributed by atoms with E-state index in [2.05, 4.69) is 16.7 Å². The third-order valence-corrected chi connectivity index (χ3v) is 7.16. The molecule has 0 saturated carbocycles. The van der Waals surface area contributed by atoms with Gasteiger partial charge in [0, 0.05) is 23.8 Å². The number of rotatable bonds is 6. The van der Waals surface area contributed by atoms with E-state index in [1.807, 2.05) is 24.4 Å². The molecule has 0 saturated heterocycles. The molecular formula is C29H28NO7+. The monoisotopic (exact) mass is 502 g/mol. The third-order valence-electron chi connectivity index (χ3n) is 7.16. The molecule has 0 atom stereocenters. The zero-order chi connectivity index (χ0) is 25.7. The number of phenols is 1. The van der Waals surface area contributed by atoms with Gasteiger partial charge >= 0.3 is 0 Å². The van der Waals surface area contributed by atoms with Crippen LogP contribution in [0, 0.1) is 0 Å². The number of nitrogens with zero attached hydrogens (tertiary/aromatic N) is 1. The summed E-state index contributed by atoms with van der Waals surface area (Å²) in [6.07, 6.45) is 3.40. The summed E-state index contributed by atoms with van der Waals surface area (Å²) >= 11 is 0. The molecule has 0 amide bonds. The number of aryl methyl sites for hydroxylation is 2. The molecule has 0 fully saturated rings. The van der Waals surface area contributed by atoms with Gasteiger partial charge in [-0.2, -0.15) is 4.57 Å². The van der Waals surface area contributed by atoms with Crippen molar-refractivity contribution in [3.05, 3.63) is 59.3 Å². The number of methoxy groups -OCH3 is 4. The van der Waals surface area contributed by atoms with E-state index in [1.165, 1.54) is 5.56 Å². The van der Waals surface area contributed by atoms with E-state index in [0.717, 1.165) is 57.6 Å². The zero-order valence-corrected chi connectivity index (χ0v) is 21.2. The molecule has 1 N–H and O–H groups in total. The molecule has 0 spiro atoms. The van der Waals surface area contributed by atoms with Crippen molar-refractivity contribution in [3.8, 4) is 51.5 Å². The second-order valence-corrected chi connectivity index (χ2v) is 9.05. The quantitative estimate of drug-likeness (QED) is 0.391. The van der Waals surface area contributed by atoms with Gasteiger partial charge < -0.3 is 33.5 Å². The number of fused-ring (bicyclic) bond motifs is 5. The average molecular weight is 503 g/mol. The Kier molecular flexibility index (Phi) is 5.59. The van der Waals surface area contributed by atoms with Crippen LogP contribution in [0.1, 0.15) is 16.7 Å². The first kappa shape index (κ1) is 23.1. The van der Waals surface area contributed by atoms with Crippen molar-refractivity contribution >= 4 is 10.8 Å². The van der Waals surface area contributed by atoms with Gasteiger partial charge in [0.25, 0.3) is 0 Å². The number of hydrogen-bond donors (Lipinski definition) is 1. The lowest BCUT2D eigenvalue weighted by molar-refractivity contribution is -0.686. The summed E-state index contributed by atoms with van der Waals surface area (Å²) in [5.41, 5.74) is 5.41. The molecule has 0 aliphatic carbocycles. The van der Waals surface area contributed by atoms with E-state index in [0.29, 0.717) is 29.4 Å². The predicted molar refractivity (Wildman–Crippen MR) is 137 cm³/mol. The number of aromatic hydroxyl groups is 1. The Hall–Kier alpha value is -4.33. The minimum absolute atomic E-state index is 0.123. The molecule has 6 rings (SSSR count). The van der Waals surface area contributed by atoms with Crippen molar-refractivity contribution in [1.29, 1.82) is 0 Å². The summed E-state index contributed by atoms with van der Waals surface area (Å²) in [5.74, 6) is 3.80. The molecule has 0 radical (unpaired) electrons. The largest absolute Gasteiger partial charge is 0.504 e. The first-order valence-electron chi connectivity index (χ1n) is 12.0. The van der Waals surface area contributed by atoms with Crippen LogP contribution in [0.4, 0.5) is 0 Å². The van der Waals surface area contributed by atoms with Crippen LogP contribution >= 0.6 is 0 Å². The van der Waals surface area contributed by atoms with Crippen molar-refractivity contribution in [2.24, 2.45) is 0 Å². The molecule has 4 aromatic rings. The smallest absolute Gasteiger partial charge is 0.231 e. The highest BCUT2D eigenvalue weighted by Crippen LogP contribution is 2.45. The van der Waals surface area contributed by atoms with E-state index in [4.69, 9.17) is 28.4 Å². The van der Waals surface area contributed by atoms with Crippen molar-refractivity contribution in [3.63, 3.8) is 0 Å². The lowest BCUT2D eigenvalue weighted by atomic mass is 9.88. The van der Waals surface area contributed by atoms with E-state index in [-0.39, 0.29) is 12.5 Å². The lowest BCUT2D eigenvalue weighted by Crippen LogP contribution is -2.41. The Morgan fingerprint density at radius 1 is 0.838 bits per heavy atom. The van der Waals surface area contributed by atoms with Crippen LogP contribution < -0.4 is 33.0 Å². The number of ether oxygens (including phenoxy) is 6. The van der Waals surface area contributed by atoms with Gasteiger partial charge in [-0.15, -0.1) is 0 Å². The Balaban J connectivity index is 1.62. The zero-order valence-electron chi connectivity index (χ0n) is 21.2. The van der Waals surface area contributed by atoms with Crippen LogP contribution in [0.2, 0.25) is 0 Å². The number of hydrogen-bond acceptors (Lipinski definition) is 7. The van der Waals surface area contributed by atoms with Gasteiger partial charge in [-0.1, -0.05) is 0 Å². The fraction of sp³-hybridized carbons (Fsp3) is 0.276. The summed E-state index contributed by atoms with van der Waals surface area (Å²) in [6.45, 7) is 0.985. The van der Waals surface area contributed by atoms with E-state index in [9.17, 15) is 5.11 Å². The van der Waals surface area contributed by atoms with Gasteiger partial charge in [0.15, 0.2) is 47.2 Å². The lowest BCUT2D eigenvalue weighted by Gasteiger charge is -2.21. The fourth-order valence-electron chi connectivity index (χ4n) is 5.43. The van der Waals surface area contributed by atoms with Crippen molar-refractivity contribution in [1.82, 2.24) is 0 Å². The molecule has 2 aliphatic heterocycles. The maximum atomic E-state index is 11.1. The van der Waals surface area contributed by atoms with Crippen LogP contribution in [-0.2, 0) is 19.4 Å². The van der Waals surface area contributed by atoms with Crippen LogP contribution in [0.3, 0.4) is 0 Å². The van der Waals surface area contributed by atoms with Gasteiger partial charge in [-0.05, 0) is 47.5 Å². The molecule has 8 heteroatoms. The molecule has 3 heterocycles.